The fraction of sp³-hybridized carbons (Fsp3) is 0.286. The maximum absolute atomic E-state index is 13.1. The van der Waals surface area contributed by atoms with E-state index in [0.29, 0.717) is 0 Å². The molecule has 1 aromatic carbocycles. The molecule has 0 saturated heterocycles. The molecule has 96 valence electrons. The Hall–Kier alpha value is -0.710. The summed E-state index contributed by atoms with van der Waals surface area (Å²) in [5, 5.41) is 7.56. The summed E-state index contributed by atoms with van der Waals surface area (Å²) < 4.78 is 13.9. The van der Waals surface area contributed by atoms with Crippen molar-refractivity contribution in [2.24, 2.45) is 0 Å². The van der Waals surface area contributed by atoms with E-state index in [1.165, 1.54) is 17.7 Å². The third-order valence-corrected chi connectivity index (χ3v) is 4.41. The molecule has 1 nitrogen and oxygen atoms in total. The molecule has 2 aromatic rings. The highest BCUT2D eigenvalue weighted by atomic mass is 79.9. The Bertz CT molecular complexity index is 499. The standard InChI is InChI=1S/C14H15BrFNS/c1-17-14(5-2-10-6-7-18-9-10)12-4-3-11(16)8-13(12)15/h3-4,6-9,14,17H,2,5H2,1H3. The van der Waals surface area contributed by atoms with Crippen LogP contribution in [0.1, 0.15) is 23.6 Å². The van der Waals surface area contributed by atoms with Gasteiger partial charge in [0.05, 0.1) is 0 Å². The Morgan fingerprint density at radius 3 is 2.83 bits per heavy atom. The van der Waals surface area contributed by atoms with Crippen LogP contribution in [0.2, 0.25) is 0 Å². The van der Waals surface area contributed by atoms with Gasteiger partial charge in [-0.1, -0.05) is 22.0 Å². The van der Waals surface area contributed by atoms with Gasteiger partial charge in [0, 0.05) is 10.5 Å². The van der Waals surface area contributed by atoms with Crippen molar-refractivity contribution in [2.75, 3.05) is 7.05 Å². The van der Waals surface area contributed by atoms with Gasteiger partial charge < -0.3 is 5.32 Å². The minimum atomic E-state index is -0.210. The van der Waals surface area contributed by atoms with E-state index in [-0.39, 0.29) is 11.9 Å². The van der Waals surface area contributed by atoms with Crippen molar-refractivity contribution in [2.45, 2.75) is 18.9 Å². The zero-order chi connectivity index (χ0) is 13.0. The minimum Gasteiger partial charge on any atom is -0.313 e. The molecule has 18 heavy (non-hydrogen) atoms. The van der Waals surface area contributed by atoms with Crippen LogP contribution in [0.25, 0.3) is 0 Å². The highest BCUT2D eigenvalue weighted by Crippen LogP contribution is 2.27. The van der Waals surface area contributed by atoms with Crippen molar-refractivity contribution in [1.29, 1.82) is 0 Å². The van der Waals surface area contributed by atoms with Crippen LogP contribution in [0.4, 0.5) is 4.39 Å². The Kier molecular flexibility index (Phi) is 4.92. The number of aryl methyl sites for hydroxylation is 1. The number of thiophene rings is 1. The number of benzene rings is 1. The lowest BCUT2D eigenvalue weighted by molar-refractivity contribution is 0.545. The molecule has 0 radical (unpaired) electrons. The molecule has 1 heterocycles. The number of hydrogen-bond acceptors (Lipinski definition) is 2. The van der Waals surface area contributed by atoms with Crippen LogP contribution >= 0.6 is 27.3 Å². The molecule has 4 heteroatoms. The first kappa shape index (κ1) is 13.7. The van der Waals surface area contributed by atoms with Crippen LogP contribution in [0.5, 0.6) is 0 Å². The third kappa shape index (κ3) is 3.40. The summed E-state index contributed by atoms with van der Waals surface area (Å²) in [5.74, 6) is -0.210. The third-order valence-electron chi connectivity index (χ3n) is 2.99. The zero-order valence-electron chi connectivity index (χ0n) is 10.1. The van der Waals surface area contributed by atoms with Gasteiger partial charge in [-0.2, -0.15) is 11.3 Å². The molecule has 0 fully saturated rings. The summed E-state index contributed by atoms with van der Waals surface area (Å²) in [4.78, 5) is 0. The van der Waals surface area contributed by atoms with Gasteiger partial charge in [-0.3, -0.25) is 0 Å². The molecule has 1 N–H and O–H groups in total. The summed E-state index contributed by atoms with van der Waals surface area (Å²) in [6.45, 7) is 0. The van der Waals surface area contributed by atoms with E-state index in [1.807, 2.05) is 13.1 Å². The lowest BCUT2D eigenvalue weighted by Gasteiger charge is -2.18. The number of halogens is 2. The predicted octanol–water partition coefficient (Wildman–Crippen LogP) is 4.54. The van der Waals surface area contributed by atoms with Crippen LogP contribution in [-0.2, 0) is 6.42 Å². The molecule has 0 saturated carbocycles. The SMILES string of the molecule is CNC(CCc1ccsc1)c1ccc(F)cc1Br. The first-order valence-corrected chi connectivity index (χ1v) is 7.57. The first-order valence-electron chi connectivity index (χ1n) is 5.84. The van der Waals surface area contributed by atoms with Crippen LogP contribution < -0.4 is 5.32 Å². The molecule has 0 aliphatic carbocycles. The van der Waals surface area contributed by atoms with Gasteiger partial charge in [0.25, 0.3) is 0 Å². The second-order valence-electron chi connectivity index (χ2n) is 4.18. The number of hydrogen-bond donors (Lipinski definition) is 1. The van der Waals surface area contributed by atoms with Crippen LogP contribution in [-0.4, -0.2) is 7.05 Å². The Morgan fingerprint density at radius 2 is 2.22 bits per heavy atom. The second kappa shape index (κ2) is 6.45. The van der Waals surface area contributed by atoms with Crippen molar-refractivity contribution in [3.8, 4) is 0 Å². The minimum absolute atomic E-state index is 0.210. The largest absolute Gasteiger partial charge is 0.313 e. The zero-order valence-corrected chi connectivity index (χ0v) is 12.5. The van der Waals surface area contributed by atoms with E-state index in [4.69, 9.17) is 0 Å². The van der Waals surface area contributed by atoms with Crippen LogP contribution in [0.3, 0.4) is 0 Å². The van der Waals surface area contributed by atoms with E-state index in [1.54, 1.807) is 11.3 Å². The van der Waals surface area contributed by atoms with Crippen molar-refractivity contribution >= 4 is 27.3 Å². The van der Waals surface area contributed by atoms with Gasteiger partial charge in [0.1, 0.15) is 5.82 Å². The molecule has 1 atom stereocenters. The number of rotatable bonds is 5. The van der Waals surface area contributed by atoms with Gasteiger partial charge in [0.2, 0.25) is 0 Å². The second-order valence-corrected chi connectivity index (χ2v) is 5.81. The van der Waals surface area contributed by atoms with E-state index >= 15 is 0 Å². The van der Waals surface area contributed by atoms with Gasteiger partial charge in [-0.15, -0.1) is 0 Å². The maximum atomic E-state index is 13.1. The predicted molar refractivity (Wildman–Crippen MR) is 78.5 cm³/mol. The Labute approximate surface area is 119 Å². The van der Waals surface area contributed by atoms with E-state index < -0.39 is 0 Å². The van der Waals surface area contributed by atoms with E-state index in [0.717, 1.165) is 22.9 Å². The topological polar surface area (TPSA) is 12.0 Å². The smallest absolute Gasteiger partial charge is 0.124 e. The maximum Gasteiger partial charge on any atom is 0.124 e. The Balaban J connectivity index is 2.08. The molecule has 0 amide bonds. The molecular weight excluding hydrogens is 313 g/mol. The molecule has 0 aliphatic heterocycles. The molecule has 1 aromatic heterocycles. The van der Waals surface area contributed by atoms with E-state index in [2.05, 4.69) is 38.1 Å². The van der Waals surface area contributed by atoms with E-state index in [9.17, 15) is 4.39 Å². The fourth-order valence-corrected chi connectivity index (χ4v) is 3.32. The fourth-order valence-electron chi connectivity index (χ4n) is 1.99. The highest BCUT2D eigenvalue weighted by Gasteiger charge is 2.13. The lowest BCUT2D eigenvalue weighted by atomic mass is 10.0. The molecule has 0 bridgehead atoms. The summed E-state index contributed by atoms with van der Waals surface area (Å²) >= 11 is 5.15. The summed E-state index contributed by atoms with van der Waals surface area (Å²) in [6.07, 6.45) is 2.02. The first-order chi connectivity index (χ1) is 8.70. The summed E-state index contributed by atoms with van der Waals surface area (Å²) in [7, 11) is 1.94. The van der Waals surface area contributed by atoms with Crippen LogP contribution in [0, 0.1) is 5.82 Å². The van der Waals surface area contributed by atoms with Crippen molar-refractivity contribution in [3.05, 3.63) is 56.4 Å². The summed E-state index contributed by atoms with van der Waals surface area (Å²) in [6, 6.07) is 7.25. The average molecular weight is 328 g/mol. The molecule has 1 unspecified atom stereocenters. The van der Waals surface area contributed by atoms with Crippen molar-refractivity contribution in [3.63, 3.8) is 0 Å². The van der Waals surface area contributed by atoms with Gasteiger partial charge in [0.15, 0.2) is 0 Å². The lowest BCUT2D eigenvalue weighted by Crippen LogP contribution is -2.17. The summed E-state index contributed by atoms with van der Waals surface area (Å²) in [5.41, 5.74) is 2.47. The average Bonchev–Trinajstić information content (AvgIpc) is 2.85. The number of nitrogens with one attached hydrogen (secondary N) is 1. The molecule has 0 spiro atoms. The normalized spacial score (nSPS) is 12.6. The molecule has 2 rings (SSSR count). The molecular formula is C14H15BrFNS. The van der Waals surface area contributed by atoms with Gasteiger partial charge in [-0.05, 0) is 60.0 Å². The van der Waals surface area contributed by atoms with Crippen molar-refractivity contribution in [1.82, 2.24) is 5.32 Å². The van der Waals surface area contributed by atoms with Gasteiger partial charge in [-0.25, -0.2) is 4.39 Å². The Morgan fingerprint density at radius 1 is 1.39 bits per heavy atom. The highest BCUT2D eigenvalue weighted by molar-refractivity contribution is 9.10. The van der Waals surface area contributed by atoms with Crippen LogP contribution in [0.15, 0.2) is 39.5 Å². The molecule has 0 aliphatic rings. The quantitative estimate of drug-likeness (QED) is 0.849. The monoisotopic (exact) mass is 327 g/mol. The van der Waals surface area contributed by atoms with Gasteiger partial charge >= 0.3 is 0 Å². The van der Waals surface area contributed by atoms with Crippen molar-refractivity contribution < 1.29 is 4.39 Å².